The summed E-state index contributed by atoms with van der Waals surface area (Å²) in [4.78, 5) is 15.6. The molecule has 1 aromatic carbocycles. The summed E-state index contributed by atoms with van der Waals surface area (Å²) >= 11 is 5.78. The van der Waals surface area contributed by atoms with Crippen molar-refractivity contribution in [3.63, 3.8) is 0 Å². The zero-order valence-corrected chi connectivity index (χ0v) is 11.8. The molecule has 0 atom stereocenters. The van der Waals surface area contributed by atoms with Crippen LogP contribution in [0.4, 0.5) is 18.9 Å². The van der Waals surface area contributed by atoms with Gasteiger partial charge in [0.1, 0.15) is 0 Å². The van der Waals surface area contributed by atoms with Gasteiger partial charge in [0.05, 0.1) is 21.8 Å². The largest absolute Gasteiger partial charge is 1.00 e. The van der Waals surface area contributed by atoms with E-state index in [9.17, 15) is 18.0 Å². The predicted octanol–water partition coefficient (Wildman–Crippen LogP) is 1.01. The van der Waals surface area contributed by atoms with Gasteiger partial charge in [0.25, 0.3) is 5.91 Å². The Balaban J connectivity index is 0.00000220. The molecule has 0 saturated heterocycles. The molecule has 0 aliphatic carbocycles. The van der Waals surface area contributed by atoms with E-state index in [0.29, 0.717) is 0 Å². The second-order valence-corrected chi connectivity index (χ2v) is 4.30. The molecule has 0 aliphatic heterocycles. The van der Waals surface area contributed by atoms with Gasteiger partial charge in [-0.15, -0.1) is 0 Å². The number of hydrogen-bond donors (Lipinski definition) is 1. The van der Waals surface area contributed by atoms with Crippen LogP contribution in [0.3, 0.4) is 0 Å². The molecule has 1 N–H and O–H groups in total. The summed E-state index contributed by atoms with van der Waals surface area (Å²) in [5.41, 5.74) is -0.764. The number of benzene rings is 1. The number of rotatable bonds is 2. The molecule has 0 spiro atoms. The van der Waals surface area contributed by atoms with Crippen molar-refractivity contribution >= 4 is 23.2 Å². The number of carbonyl (C=O) groups is 1. The molecule has 21 heavy (non-hydrogen) atoms. The Bertz CT molecular complexity index is 633. The summed E-state index contributed by atoms with van der Waals surface area (Å²) in [6.45, 7) is 0. The summed E-state index contributed by atoms with van der Waals surface area (Å²) in [5.74, 6) is -0.584. The molecule has 0 bridgehead atoms. The first-order chi connectivity index (χ1) is 9.38. The molecule has 0 saturated carbocycles. The van der Waals surface area contributed by atoms with Crippen molar-refractivity contribution < 1.29 is 30.4 Å². The van der Waals surface area contributed by atoms with Crippen molar-refractivity contribution in [3.8, 4) is 0 Å². The third kappa shape index (κ3) is 4.34. The van der Waals surface area contributed by atoms with Gasteiger partial charge >= 0.3 is 6.18 Å². The fourth-order valence-corrected chi connectivity index (χ4v) is 1.65. The Labute approximate surface area is 129 Å². The van der Waals surface area contributed by atoms with Crippen molar-refractivity contribution in [3.05, 3.63) is 58.9 Å². The topological polar surface area (TPSA) is 42.0 Å². The van der Waals surface area contributed by atoms with Crippen LogP contribution in [0, 0.1) is 0 Å². The number of pyridine rings is 1. The lowest BCUT2D eigenvalue weighted by atomic mass is 10.2. The van der Waals surface area contributed by atoms with Gasteiger partial charge in [-0.25, -0.2) is 0 Å². The summed E-state index contributed by atoms with van der Waals surface area (Å²) in [6.07, 6.45) is -1.72. The van der Waals surface area contributed by atoms with E-state index in [1.807, 2.05) is 0 Å². The maximum absolute atomic E-state index is 12.6. The van der Waals surface area contributed by atoms with Gasteiger partial charge in [-0.05, 0) is 30.3 Å². The Morgan fingerprint density at radius 1 is 1.24 bits per heavy atom. The molecule has 0 radical (unpaired) electrons. The third-order valence-corrected chi connectivity index (χ3v) is 2.80. The molecule has 3 nitrogen and oxygen atoms in total. The molecule has 1 heterocycles. The van der Waals surface area contributed by atoms with Gasteiger partial charge in [0.15, 0.2) is 0 Å². The summed E-state index contributed by atoms with van der Waals surface area (Å²) < 4.78 is 37.8. The number of carbonyl (C=O) groups excluding carboxylic acids is 1. The van der Waals surface area contributed by atoms with E-state index in [4.69, 9.17) is 11.6 Å². The second-order valence-electron chi connectivity index (χ2n) is 3.89. The maximum atomic E-state index is 12.6. The Hall–Kier alpha value is -1.79. The molecular formula is C13H8Cl2F3N2O-. The van der Waals surface area contributed by atoms with E-state index in [1.54, 1.807) is 6.07 Å². The van der Waals surface area contributed by atoms with Crippen LogP contribution < -0.4 is 17.7 Å². The zero-order valence-electron chi connectivity index (χ0n) is 10.3. The lowest BCUT2D eigenvalue weighted by Gasteiger charge is -2.11. The number of anilines is 1. The molecule has 1 amide bonds. The number of nitrogens with one attached hydrogen (secondary N) is 1. The second kappa shape index (κ2) is 6.78. The van der Waals surface area contributed by atoms with Gasteiger partial charge < -0.3 is 17.7 Å². The van der Waals surface area contributed by atoms with Crippen LogP contribution in [0.15, 0.2) is 42.7 Å². The highest BCUT2D eigenvalue weighted by Gasteiger charge is 2.31. The van der Waals surface area contributed by atoms with Crippen LogP contribution >= 0.6 is 11.6 Å². The van der Waals surface area contributed by atoms with E-state index in [2.05, 4.69) is 10.3 Å². The average molecular weight is 336 g/mol. The van der Waals surface area contributed by atoms with Crippen LogP contribution in [-0.2, 0) is 6.18 Å². The standard InChI is InChI=1S/C13H8ClF3N2O.ClH/c14-10-4-3-9(13(15,16)17)6-11(10)19-12(20)8-2-1-5-18-7-8;/h1-7H,(H,19,20);1H/p-1. The van der Waals surface area contributed by atoms with E-state index < -0.39 is 17.6 Å². The molecule has 0 aliphatic rings. The Morgan fingerprint density at radius 3 is 2.52 bits per heavy atom. The van der Waals surface area contributed by atoms with Crippen LogP contribution in [-0.4, -0.2) is 10.9 Å². The van der Waals surface area contributed by atoms with Gasteiger partial charge in [-0.2, -0.15) is 13.2 Å². The van der Waals surface area contributed by atoms with E-state index >= 15 is 0 Å². The third-order valence-electron chi connectivity index (χ3n) is 2.47. The van der Waals surface area contributed by atoms with Crippen molar-refractivity contribution in [1.29, 1.82) is 0 Å². The SMILES string of the molecule is O=C(Nc1cc(C(F)(F)F)ccc1Cl)c1cccnc1.[Cl-]. The Kier molecular flexibility index (Phi) is 5.57. The van der Waals surface area contributed by atoms with Crippen molar-refractivity contribution in [1.82, 2.24) is 4.98 Å². The van der Waals surface area contributed by atoms with Gasteiger partial charge in [0.2, 0.25) is 0 Å². The average Bonchev–Trinajstić information content (AvgIpc) is 2.41. The first-order valence-corrected chi connectivity index (χ1v) is 5.84. The van der Waals surface area contributed by atoms with E-state index in [0.717, 1.165) is 18.2 Å². The van der Waals surface area contributed by atoms with Crippen molar-refractivity contribution in [2.24, 2.45) is 0 Å². The fourth-order valence-electron chi connectivity index (χ4n) is 1.49. The minimum absolute atomic E-state index is 0. The highest BCUT2D eigenvalue weighted by molar-refractivity contribution is 6.34. The highest BCUT2D eigenvalue weighted by atomic mass is 35.5. The van der Waals surface area contributed by atoms with E-state index in [-0.39, 0.29) is 28.7 Å². The molecule has 1 aromatic heterocycles. The maximum Gasteiger partial charge on any atom is 0.416 e. The van der Waals surface area contributed by atoms with Crippen LogP contribution in [0.25, 0.3) is 0 Å². The quantitative estimate of drug-likeness (QED) is 0.890. The van der Waals surface area contributed by atoms with Crippen LogP contribution in [0.1, 0.15) is 15.9 Å². The molecule has 0 fully saturated rings. The first-order valence-electron chi connectivity index (χ1n) is 5.46. The minimum atomic E-state index is -4.50. The smallest absolute Gasteiger partial charge is 0.416 e. The van der Waals surface area contributed by atoms with Gasteiger partial charge in [0, 0.05) is 12.4 Å². The zero-order chi connectivity index (χ0) is 14.8. The highest BCUT2D eigenvalue weighted by Crippen LogP contribution is 2.33. The number of alkyl halides is 3. The van der Waals surface area contributed by atoms with Crippen molar-refractivity contribution in [2.75, 3.05) is 5.32 Å². The molecular weight excluding hydrogens is 328 g/mol. The molecule has 2 rings (SSSR count). The van der Waals surface area contributed by atoms with Crippen LogP contribution in [0.5, 0.6) is 0 Å². The normalized spacial score (nSPS) is 10.7. The number of aromatic nitrogens is 1. The monoisotopic (exact) mass is 335 g/mol. The van der Waals surface area contributed by atoms with Gasteiger partial charge in [-0.3, -0.25) is 9.78 Å². The fraction of sp³-hybridized carbons (Fsp3) is 0.0769. The molecule has 8 heteroatoms. The Morgan fingerprint density at radius 2 is 1.95 bits per heavy atom. The molecule has 2 aromatic rings. The molecule has 0 unspecified atom stereocenters. The minimum Gasteiger partial charge on any atom is -1.00 e. The lowest BCUT2D eigenvalue weighted by Crippen LogP contribution is -3.00. The predicted molar refractivity (Wildman–Crippen MR) is 68.6 cm³/mol. The number of halogens is 5. The molecule has 112 valence electrons. The van der Waals surface area contributed by atoms with Crippen molar-refractivity contribution in [2.45, 2.75) is 6.18 Å². The number of nitrogens with zero attached hydrogens (tertiary/aromatic N) is 1. The van der Waals surface area contributed by atoms with Gasteiger partial charge in [-0.1, -0.05) is 11.6 Å². The summed E-state index contributed by atoms with van der Waals surface area (Å²) in [5, 5.41) is 2.35. The first kappa shape index (κ1) is 17.3. The number of hydrogen-bond acceptors (Lipinski definition) is 2. The summed E-state index contributed by atoms with van der Waals surface area (Å²) in [7, 11) is 0. The number of amides is 1. The van der Waals surface area contributed by atoms with Crippen LogP contribution in [0.2, 0.25) is 5.02 Å². The summed E-state index contributed by atoms with van der Waals surface area (Å²) in [6, 6.07) is 5.76. The van der Waals surface area contributed by atoms with E-state index in [1.165, 1.54) is 18.5 Å². The lowest BCUT2D eigenvalue weighted by molar-refractivity contribution is -0.137.